The standard InChI is InChI=1S/C30H32Cl3N3O4S/c1-2-28(30(38)34-24-11-7-8-12-24)35(19-21-10-6-9-15-27(21)33)29(37)20-36(25-17-22(31)16-23(32)18-25)41(39,40)26-13-4-3-5-14-26/h3-6,9-10,13-18,24,28H,2,7-8,11-12,19-20H2,1H3,(H,34,38)/t28-/m1/s1. The fourth-order valence-corrected chi connectivity index (χ4v) is 7.16. The van der Waals surface area contributed by atoms with Gasteiger partial charge in [-0.25, -0.2) is 8.42 Å². The first kappa shape index (κ1) is 31.2. The number of amides is 2. The number of benzene rings is 3. The maximum atomic E-state index is 14.2. The van der Waals surface area contributed by atoms with Gasteiger partial charge in [-0.3, -0.25) is 13.9 Å². The minimum atomic E-state index is -4.23. The zero-order valence-corrected chi connectivity index (χ0v) is 25.7. The van der Waals surface area contributed by atoms with Crippen molar-refractivity contribution in [2.75, 3.05) is 10.8 Å². The summed E-state index contributed by atoms with van der Waals surface area (Å²) in [5, 5.41) is 3.95. The molecule has 2 amide bonds. The van der Waals surface area contributed by atoms with Crippen LogP contribution < -0.4 is 9.62 Å². The quantitative estimate of drug-likeness (QED) is 0.254. The van der Waals surface area contributed by atoms with Gasteiger partial charge in [-0.1, -0.05) is 91.0 Å². The highest BCUT2D eigenvalue weighted by Gasteiger charge is 2.35. The second kappa shape index (κ2) is 13.9. The molecule has 7 nitrogen and oxygen atoms in total. The zero-order valence-electron chi connectivity index (χ0n) is 22.6. The van der Waals surface area contributed by atoms with E-state index in [1.165, 1.54) is 35.2 Å². The summed E-state index contributed by atoms with van der Waals surface area (Å²) in [4.78, 5) is 29.1. The molecule has 1 saturated carbocycles. The predicted octanol–water partition coefficient (Wildman–Crippen LogP) is 6.71. The molecule has 4 rings (SSSR count). The molecular formula is C30H32Cl3N3O4S. The number of sulfonamides is 1. The van der Waals surface area contributed by atoms with E-state index in [1.807, 2.05) is 6.92 Å². The van der Waals surface area contributed by atoms with E-state index < -0.39 is 28.5 Å². The summed E-state index contributed by atoms with van der Waals surface area (Å²) in [6.45, 7) is 1.25. The molecule has 3 aromatic carbocycles. The van der Waals surface area contributed by atoms with Gasteiger partial charge in [0, 0.05) is 27.7 Å². The van der Waals surface area contributed by atoms with Crippen LogP contribution in [0.1, 0.15) is 44.6 Å². The Balaban J connectivity index is 1.74. The second-order valence-electron chi connectivity index (χ2n) is 9.98. The molecule has 0 aliphatic heterocycles. The van der Waals surface area contributed by atoms with E-state index in [2.05, 4.69) is 5.32 Å². The minimum Gasteiger partial charge on any atom is -0.352 e. The molecule has 0 unspecified atom stereocenters. The molecule has 0 aromatic heterocycles. The molecule has 0 saturated heterocycles. The van der Waals surface area contributed by atoms with Crippen LogP contribution in [0, 0.1) is 0 Å². The summed E-state index contributed by atoms with van der Waals surface area (Å²) in [6, 6.07) is 18.4. The van der Waals surface area contributed by atoms with Gasteiger partial charge in [0.1, 0.15) is 12.6 Å². The minimum absolute atomic E-state index is 0.00688. The molecule has 1 atom stereocenters. The third kappa shape index (κ3) is 7.74. The molecular weight excluding hydrogens is 605 g/mol. The number of carbonyl (C=O) groups is 2. The molecule has 0 bridgehead atoms. The Morgan fingerprint density at radius 2 is 1.54 bits per heavy atom. The van der Waals surface area contributed by atoms with Crippen LogP contribution in [0.3, 0.4) is 0 Å². The van der Waals surface area contributed by atoms with Gasteiger partial charge >= 0.3 is 0 Å². The lowest BCUT2D eigenvalue weighted by Crippen LogP contribution is -2.53. The maximum absolute atomic E-state index is 14.2. The monoisotopic (exact) mass is 635 g/mol. The van der Waals surface area contributed by atoms with Crippen LogP contribution in [0.25, 0.3) is 0 Å². The number of carbonyl (C=O) groups excluding carboxylic acids is 2. The summed E-state index contributed by atoms with van der Waals surface area (Å²) in [6.07, 6.45) is 4.18. The largest absolute Gasteiger partial charge is 0.352 e. The van der Waals surface area contributed by atoms with Crippen LogP contribution in [0.5, 0.6) is 0 Å². The molecule has 0 heterocycles. The average molecular weight is 637 g/mol. The molecule has 0 spiro atoms. The molecule has 11 heteroatoms. The van der Waals surface area contributed by atoms with Crippen LogP contribution in [-0.2, 0) is 26.2 Å². The molecule has 1 aliphatic rings. The van der Waals surface area contributed by atoms with Crippen molar-refractivity contribution < 1.29 is 18.0 Å². The summed E-state index contributed by atoms with van der Waals surface area (Å²) in [5.41, 5.74) is 0.763. The summed E-state index contributed by atoms with van der Waals surface area (Å²) in [5.74, 6) is -0.850. The van der Waals surface area contributed by atoms with Crippen LogP contribution in [-0.4, -0.2) is 43.8 Å². The van der Waals surface area contributed by atoms with E-state index in [1.54, 1.807) is 42.5 Å². The van der Waals surface area contributed by atoms with Crippen molar-refractivity contribution in [1.82, 2.24) is 10.2 Å². The van der Waals surface area contributed by atoms with Gasteiger partial charge in [-0.2, -0.15) is 0 Å². The van der Waals surface area contributed by atoms with E-state index in [-0.39, 0.29) is 39.1 Å². The zero-order chi connectivity index (χ0) is 29.6. The first-order valence-electron chi connectivity index (χ1n) is 13.5. The number of nitrogens with one attached hydrogen (secondary N) is 1. The molecule has 218 valence electrons. The number of hydrogen-bond acceptors (Lipinski definition) is 4. The third-order valence-corrected chi connectivity index (χ3v) is 9.72. The maximum Gasteiger partial charge on any atom is 0.264 e. The smallest absolute Gasteiger partial charge is 0.264 e. The molecule has 0 radical (unpaired) electrons. The highest BCUT2D eigenvalue weighted by atomic mass is 35.5. The Hall–Kier alpha value is -2.78. The topological polar surface area (TPSA) is 86.8 Å². The van der Waals surface area contributed by atoms with E-state index in [0.29, 0.717) is 17.0 Å². The molecule has 1 N–H and O–H groups in total. The summed E-state index contributed by atoms with van der Waals surface area (Å²) < 4.78 is 28.8. The van der Waals surface area contributed by atoms with Crippen LogP contribution in [0.2, 0.25) is 15.1 Å². The number of anilines is 1. The highest BCUT2D eigenvalue weighted by Crippen LogP contribution is 2.30. The van der Waals surface area contributed by atoms with Gasteiger partial charge in [0.2, 0.25) is 11.8 Å². The molecule has 1 aliphatic carbocycles. The van der Waals surface area contributed by atoms with Gasteiger partial charge in [0.05, 0.1) is 10.6 Å². The number of rotatable bonds is 11. The first-order valence-corrected chi connectivity index (χ1v) is 16.0. The Morgan fingerprint density at radius 3 is 2.15 bits per heavy atom. The Kier molecular flexibility index (Phi) is 10.6. The van der Waals surface area contributed by atoms with Crippen molar-refractivity contribution in [1.29, 1.82) is 0 Å². The van der Waals surface area contributed by atoms with E-state index in [9.17, 15) is 18.0 Å². The molecule has 3 aromatic rings. The molecule has 41 heavy (non-hydrogen) atoms. The van der Waals surface area contributed by atoms with Crippen LogP contribution in [0.4, 0.5) is 5.69 Å². The lowest BCUT2D eigenvalue weighted by atomic mass is 10.1. The average Bonchev–Trinajstić information content (AvgIpc) is 3.45. The summed E-state index contributed by atoms with van der Waals surface area (Å²) >= 11 is 18.9. The fourth-order valence-electron chi connectivity index (χ4n) is 5.03. The summed E-state index contributed by atoms with van der Waals surface area (Å²) in [7, 11) is -4.23. The van der Waals surface area contributed by atoms with E-state index >= 15 is 0 Å². The number of nitrogens with zero attached hydrogens (tertiary/aromatic N) is 2. The molecule has 1 fully saturated rings. The van der Waals surface area contributed by atoms with Gasteiger partial charge in [0.15, 0.2) is 0 Å². The van der Waals surface area contributed by atoms with Crippen molar-refractivity contribution in [2.24, 2.45) is 0 Å². The predicted molar refractivity (Wildman–Crippen MR) is 164 cm³/mol. The van der Waals surface area contributed by atoms with Crippen LogP contribution in [0.15, 0.2) is 77.7 Å². The second-order valence-corrected chi connectivity index (χ2v) is 13.1. The van der Waals surface area contributed by atoms with Crippen molar-refractivity contribution >= 4 is 62.3 Å². The Morgan fingerprint density at radius 1 is 0.927 bits per heavy atom. The lowest BCUT2D eigenvalue weighted by Gasteiger charge is -2.34. The third-order valence-electron chi connectivity index (χ3n) is 7.13. The normalized spacial score (nSPS) is 14.4. The van der Waals surface area contributed by atoms with E-state index in [0.717, 1.165) is 30.0 Å². The van der Waals surface area contributed by atoms with Crippen molar-refractivity contribution in [3.05, 3.63) is 93.4 Å². The van der Waals surface area contributed by atoms with E-state index in [4.69, 9.17) is 34.8 Å². The Labute approximate surface area is 256 Å². The van der Waals surface area contributed by atoms with Gasteiger partial charge in [-0.05, 0) is 61.2 Å². The number of hydrogen-bond donors (Lipinski definition) is 1. The van der Waals surface area contributed by atoms with Gasteiger partial charge in [0.25, 0.3) is 10.0 Å². The first-order chi connectivity index (χ1) is 19.6. The Bertz CT molecular complexity index is 1460. The van der Waals surface area contributed by atoms with Gasteiger partial charge < -0.3 is 10.2 Å². The van der Waals surface area contributed by atoms with Crippen LogP contribution >= 0.6 is 34.8 Å². The van der Waals surface area contributed by atoms with Crippen molar-refractivity contribution in [3.8, 4) is 0 Å². The van der Waals surface area contributed by atoms with Crippen molar-refractivity contribution in [2.45, 2.75) is 62.6 Å². The fraction of sp³-hybridized carbons (Fsp3) is 0.333. The van der Waals surface area contributed by atoms with Crippen molar-refractivity contribution in [3.63, 3.8) is 0 Å². The van der Waals surface area contributed by atoms with Gasteiger partial charge in [-0.15, -0.1) is 0 Å². The number of halogens is 3. The SMILES string of the molecule is CC[C@H](C(=O)NC1CCCC1)N(Cc1ccccc1Cl)C(=O)CN(c1cc(Cl)cc(Cl)c1)S(=O)(=O)c1ccccc1. The lowest BCUT2D eigenvalue weighted by molar-refractivity contribution is -0.140. The highest BCUT2D eigenvalue weighted by molar-refractivity contribution is 7.92.